The first-order valence-electron chi connectivity index (χ1n) is 9.25. The summed E-state index contributed by atoms with van der Waals surface area (Å²) in [7, 11) is -5.63. The fourth-order valence-electron chi connectivity index (χ4n) is 2.80. The Balaban J connectivity index is 0.00000841. The van der Waals surface area contributed by atoms with Crippen LogP contribution >= 0.6 is 0 Å². The van der Waals surface area contributed by atoms with Gasteiger partial charge in [0.2, 0.25) is 5.91 Å². The summed E-state index contributed by atoms with van der Waals surface area (Å²) in [5.74, 6) is -3.17. The van der Waals surface area contributed by atoms with Crippen LogP contribution in [-0.4, -0.2) is 47.0 Å². The molecule has 0 aliphatic carbocycles. The Labute approximate surface area is 199 Å². The summed E-state index contributed by atoms with van der Waals surface area (Å²) in [5, 5.41) is 13.0. The van der Waals surface area contributed by atoms with Crippen LogP contribution in [0.15, 0.2) is 30.3 Å². The van der Waals surface area contributed by atoms with Crippen molar-refractivity contribution in [2.75, 3.05) is 0 Å². The van der Waals surface area contributed by atoms with Crippen molar-refractivity contribution in [1.82, 2.24) is 5.32 Å². The minimum Gasteiger partial charge on any atom is -0.745 e. The van der Waals surface area contributed by atoms with Crippen LogP contribution in [0.3, 0.4) is 0 Å². The van der Waals surface area contributed by atoms with Crippen molar-refractivity contribution < 1.29 is 62.0 Å². The van der Waals surface area contributed by atoms with Crippen LogP contribution in [0, 0.1) is 11.8 Å². The molecule has 1 aromatic rings. The topological polar surface area (TPSA) is 159 Å². The van der Waals surface area contributed by atoms with Crippen LogP contribution in [0.5, 0.6) is 0 Å². The third kappa shape index (κ3) is 7.60. The second-order valence-electron chi connectivity index (χ2n) is 7.68. The van der Waals surface area contributed by atoms with Gasteiger partial charge in [-0.2, -0.15) is 0 Å². The number of nitrogens with one attached hydrogen (secondary N) is 1. The van der Waals surface area contributed by atoms with Crippen molar-refractivity contribution in [3.05, 3.63) is 35.9 Å². The maximum atomic E-state index is 12.5. The van der Waals surface area contributed by atoms with Crippen LogP contribution in [0.25, 0.3) is 0 Å². The molecule has 11 heteroatoms. The third-order valence-electron chi connectivity index (χ3n) is 4.33. The number of rotatable bonds is 10. The Morgan fingerprint density at radius 2 is 1.73 bits per heavy atom. The minimum absolute atomic E-state index is 0. The first-order valence-corrected chi connectivity index (χ1v) is 10.7. The van der Waals surface area contributed by atoms with Gasteiger partial charge < -0.3 is 25.4 Å². The molecule has 1 amide bonds. The van der Waals surface area contributed by atoms with Crippen LogP contribution in [0.1, 0.15) is 39.7 Å². The van der Waals surface area contributed by atoms with Gasteiger partial charge in [0.05, 0.1) is 12.1 Å². The molecule has 0 bridgehead atoms. The number of hydrogen-bond donors (Lipinski definition) is 3. The van der Waals surface area contributed by atoms with E-state index in [-0.39, 0.29) is 48.5 Å². The molecular formula is C19H29N2NaO7S. The van der Waals surface area contributed by atoms with Crippen molar-refractivity contribution in [1.29, 1.82) is 0 Å². The van der Waals surface area contributed by atoms with Gasteiger partial charge in [-0.25, -0.2) is 13.2 Å². The van der Waals surface area contributed by atoms with E-state index >= 15 is 0 Å². The van der Waals surface area contributed by atoms with Gasteiger partial charge in [0, 0.05) is 0 Å². The molecule has 2 unspecified atom stereocenters. The van der Waals surface area contributed by atoms with E-state index in [9.17, 15) is 27.7 Å². The summed E-state index contributed by atoms with van der Waals surface area (Å²) in [6, 6.07) is 5.55. The van der Waals surface area contributed by atoms with E-state index in [4.69, 9.17) is 10.5 Å². The maximum Gasteiger partial charge on any atom is 1.00 e. The molecule has 0 spiro atoms. The second kappa shape index (κ2) is 12.1. The summed E-state index contributed by atoms with van der Waals surface area (Å²) in [6.45, 7) is 6.21. The molecule has 164 valence electrons. The van der Waals surface area contributed by atoms with Gasteiger partial charge in [-0.15, -0.1) is 0 Å². The summed E-state index contributed by atoms with van der Waals surface area (Å²) >= 11 is 0. The molecule has 0 saturated heterocycles. The van der Waals surface area contributed by atoms with Gasteiger partial charge in [-0.05, 0) is 23.8 Å². The minimum atomic E-state index is -5.63. The molecule has 0 heterocycles. The van der Waals surface area contributed by atoms with Gasteiger partial charge in [0.1, 0.15) is 16.7 Å². The van der Waals surface area contributed by atoms with E-state index in [1.54, 1.807) is 30.3 Å². The van der Waals surface area contributed by atoms with E-state index < -0.39 is 44.9 Å². The Bertz CT molecular complexity index is 802. The first-order chi connectivity index (χ1) is 13.3. The van der Waals surface area contributed by atoms with Gasteiger partial charge in [-0.3, -0.25) is 4.79 Å². The number of aliphatic hydroxyl groups is 1. The van der Waals surface area contributed by atoms with E-state index in [0.29, 0.717) is 5.56 Å². The number of nitrogens with two attached hydrogens (primary N) is 1. The molecule has 0 fully saturated rings. The molecule has 1 rings (SSSR count). The molecule has 30 heavy (non-hydrogen) atoms. The fourth-order valence-corrected chi connectivity index (χ4v) is 3.71. The molecule has 9 nitrogen and oxygen atoms in total. The number of carbonyl (C=O) groups excluding carboxylic acids is 2. The molecule has 0 radical (unpaired) electrons. The number of hydrogen-bond acceptors (Lipinski definition) is 8. The van der Waals surface area contributed by atoms with Crippen molar-refractivity contribution in [2.24, 2.45) is 17.6 Å². The van der Waals surface area contributed by atoms with Crippen molar-refractivity contribution >= 4 is 22.0 Å². The zero-order chi connectivity index (χ0) is 22.4. The smallest absolute Gasteiger partial charge is 0.745 e. The molecular weight excluding hydrogens is 423 g/mol. The molecule has 0 saturated carbocycles. The molecule has 0 aliphatic rings. The van der Waals surface area contributed by atoms with Crippen LogP contribution in [-0.2, 0) is 31.1 Å². The molecule has 3 atom stereocenters. The Hall–Kier alpha value is -1.01. The summed E-state index contributed by atoms with van der Waals surface area (Å²) in [6.07, 6.45) is 0.289. The van der Waals surface area contributed by atoms with Gasteiger partial charge >= 0.3 is 35.5 Å². The average Bonchev–Trinajstić information content (AvgIpc) is 2.62. The first kappa shape index (κ1) is 29.0. The maximum absolute atomic E-state index is 12.5. The van der Waals surface area contributed by atoms with Crippen LogP contribution < -0.4 is 40.6 Å². The Morgan fingerprint density at radius 3 is 2.17 bits per heavy atom. The van der Waals surface area contributed by atoms with Gasteiger partial charge in [0.25, 0.3) is 4.93 Å². The van der Waals surface area contributed by atoms with Crippen molar-refractivity contribution in [3.8, 4) is 0 Å². The standard InChI is InChI=1S/C19H30N2O7S.Na/c1-12(2)10-15(20)17(22)21-16(13(3)4)19(24,29(25,26)27)18(23)28-11-14-8-6-5-7-9-14;/h5-9,12-13,15-16,24H,10-11,20H2,1-4H3,(H,21,22)(H,25,26,27);/q;+1/p-1/t15-,16?,19?;/m0./s1. The Kier molecular flexibility index (Phi) is 11.7. The van der Waals surface area contributed by atoms with Crippen molar-refractivity contribution in [2.45, 2.75) is 57.7 Å². The second-order valence-corrected chi connectivity index (χ2v) is 9.21. The zero-order valence-corrected chi connectivity index (χ0v) is 20.8. The van der Waals surface area contributed by atoms with Crippen molar-refractivity contribution in [3.63, 3.8) is 0 Å². The summed E-state index contributed by atoms with van der Waals surface area (Å²) in [4.78, 5) is 21.4. The predicted molar refractivity (Wildman–Crippen MR) is 105 cm³/mol. The number of benzene rings is 1. The Morgan fingerprint density at radius 1 is 1.20 bits per heavy atom. The predicted octanol–water partition coefficient (Wildman–Crippen LogP) is -2.52. The number of esters is 1. The van der Waals surface area contributed by atoms with E-state index in [2.05, 4.69) is 5.32 Å². The fraction of sp³-hybridized carbons (Fsp3) is 0.579. The number of ether oxygens (including phenoxy) is 1. The monoisotopic (exact) mass is 452 g/mol. The van der Waals surface area contributed by atoms with E-state index in [0.717, 1.165) is 0 Å². The normalized spacial score (nSPS) is 15.6. The zero-order valence-electron chi connectivity index (χ0n) is 18.0. The van der Waals surface area contributed by atoms with Crippen LogP contribution in [0.2, 0.25) is 0 Å². The molecule has 0 aromatic heterocycles. The van der Waals surface area contributed by atoms with Gasteiger partial charge in [0.15, 0.2) is 0 Å². The largest absolute Gasteiger partial charge is 1.00 e. The molecule has 4 N–H and O–H groups in total. The van der Waals surface area contributed by atoms with E-state index in [1.807, 2.05) is 13.8 Å². The number of carbonyl (C=O) groups is 2. The summed E-state index contributed by atoms with van der Waals surface area (Å²) < 4.78 is 40.6. The van der Waals surface area contributed by atoms with Gasteiger partial charge in [-0.1, -0.05) is 58.0 Å². The average molecular weight is 453 g/mol. The molecule has 0 aliphatic heterocycles. The SMILES string of the molecule is CC(C)C[C@H](N)C(=O)NC(C(C)C)C(O)(C(=O)OCc1ccccc1)S(=O)(=O)[O-].[Na+]. The number of amides is 1. The summed E-state index contributed by atoms with van der Waals surface area (Å²) in [5.41, 5.74) is 6.32. The molecule has 1 aromatic carbocycles. The third-order valence-corrected chi connectivity index (χ3v) is 5.52. The quantitative estimate of drug-likeness (QED) is 0.199. The van der Waals surface area contributed by atoms with Crippen LogP contribution in [0.4, 0.5) is 0 Å². The van der Waals surface area contributed by atoms with E-state index in [1.165, 1.54) is 13.8 Å².